The van der Waals surface area contributed by atoms with Crippen molar-refractivity contribution in [3.05, 3.63) is 66.0 Å². The van der Waals surface area contributed by atoms with E-state index in [0.717, 1.165) is 22.4 Å². The maximum absolute atomic E-state index is 6.41. The molecule has 3 aromatic rings. The zero-order valence-corrected chi connectivity index (χ0v) is 9.85. The highest BCUT2D eigenvalue weighted by Gasteiger charge is 2.14. The van der Waals surface area contributed by atoms with Crippen LogP contribution in [-0.2, 0) is 0 Å². The Morgan fingerprint density at radius 2 is 1.65 bits per heavy atom. The first-order chi connectivity index (χ1) is 8.34. The lowest BCUT2D eigenvalue weighted by atomic mass is 10.1. The van der Waals surface area contributed by atoms with E-state index >= 15 is 0 Å². The Kier molecular flexibility index (Phi) is 2.57. The van der Waals surface area contributed by atoms with E-state index < -0.39 is 0 Å². The van der Waals surface area contributed by atoms with Crippen LogP contribution in [-0.4, -0.2) is 9.97 Å². The van der Waals surface area contributed by atoms with Crippen molar-refractivity contribution in [2.75, 3.05) is 0 Å². The van der Waals surface area contributed by atoms with Crippen molar-refractivity contribution < 1.29 is 0 Å². The van der Waals surface area contributed by atoms with Crippen LogP contribution < -0.4 is 0 Å². The van der Waals surface area contributed by atoms with Gasteiger partial charge in [-0.1, -0.05) is 42.5 Å². The van der Waals surface area contributed by atoms with Crippen LogP contribution in [0.3, 0.4) is 0 Å². The van der Waals surface area contributed by atoms with Gasteiger partial charge >= 0.3 is 0 Å². The molecule has 0 radical (unpaired) electrons. The molecule has 2 nitrogen and oxygen atoms in total. The van der Waals surface area contributed by atoms with Gasteiger partial charge in [-0.15, -0.1) is 11.6 Å². The number of benzene rings is 2. The Bertz CT molecular complexity index is 598. The summed E-state index contributed by atoms with van der Waals surface area (Å²) in [4.78, 5) is 7.75. The third kappa shape index (κ3) is 1.92. The van der Waals surface area contributed by atoms with Crippen molar-refractivity contribution in [3.8, 4) is 0 Å². The fourth-order valence-corrected chi connectivity index (χ4v) is 2.12. The number of hydrogen-bond donors (Lipinski definition) is 1. The van der Waals surface area contributed by atoms with E-state index in [9.17, 15) is 0 Å². The first-order valence-electron chi connectivity index (χ1n) is 5.48. The number of H-pyrrole nitrogens is 1. The summed E-state index contributed by atoms with van der Waals surface area (Å²) in [6.45, 7) is 0. The summed E-state index contributed by atoms with van der Waals surface area (Å²) in [5, 5.41) is -0.233. The summed E-state index contributed by atoms with van der Waals surface area (Å²) in [5.41, 5.74) is 3.02. The van der Waals surface area contributed by atoms with Crippen LogP contribution in [0.2, 0.25) is 0 Å². The Labute approximate surface area is 104 Å². The monoisotopic (exact) mass is 242 g/mol. The second kappa shape index (κ2) is 4.22. The van der Waals surface area contributed by atoms with Gasteiger partial charge in [0.25, 0.3) is 0 Å². The number of imidazole rings is 1. The highest BCUT2D eigenvalue weighted by Crippen LogP contribution is 2.27. The van der Waals surface area contributed by atoms with Gasteiger partial charge in [-0.05, 0) is 17.7 Å². The standard InChI is InChI=1S/C14H11ClN2/c15-13(10-6-2-1-3-7-10)14-16-11-8-4-5-9-12(11)17-14/h1-9,13H,(H,16,17). The van der Waals surface area contributed by atoms with Gasteiger partial charge in [-0.2, -0.15) is 0 Å². The minimum absolute atomic E-state index is 0.233. The SMILES string of the molecule is ClC(c1ccccc1)c1nc2ccccc2[nH]1. The van der Waals surface area contributed by atoms with Gasteiger partial charge in [0.05, 0.1) is 11.0 Å². The molecule has 0 aliphatic rings. The van der Waals surface area contributed by atoms with Gasteiger partial charge in [0.2, 0.25) is 0 Å². The Morgan fingerprint density at radius 1 is 0.941 bits per heavy atom. The molecule has 0 fully saturated rings. The van der Waals surface area contributed by atoms with Crippen LogP contribution in [0.5, 0.6) is 0 Å². The maximum atomic E-state index is 6.41. The average Bonchev–Trinajstić information content (AvgIpc) is 2.82. The zero-order chi connectivity index (χ0) is 11.7. The van der Waals surface area contributed by atoms with Crippen molar-refractivity contribution in [2.45, 2.75) is 5.38 Å². The van der Waals surface area contributed by atoms with Crippen molar-refractivity contribution in [1.82, 2.24) is 9.97 Å². The molecule has 0 saturated carbocycles. The van der Waals surface area contributed by atoms with E-state index in [1.165, 1.54) is 0 Å². The summed E-state index contributed by atoms with van der Waals surface area (Å²) in [6.07, 6.45) is 0. The van der Waals surface area contributed by atoms with Crippen LogP contribution in [0, 0.1) is 0 Å². The number of nitrogens with one attached hydrogen (secondary N) is 1. The second-order valence-corrected chi connectivity index (χ2v) is 4.35. The number of alkyl halides is 1. The Balaban J connectivity index is 2.04. The molecule has 0 saturated heterocycles. The molecular formula is C14H11ClN2. The predicted octanol–water partition coefficient (Wildman–Crippen LogP) is 3.89. The number of aromatic nitrogens is 2. The molecule has 1 atom stereocenters. The Morgan fingerprint density at radius 3 is 2.41 bits per heavy atom. The van der Waals surface area contributed by atoms with Gasteiger partial charge in [-0.25, -0.2) is 4.98 Å². The molecule has 1 heterocycles. The first kappa shape index (κ1) is 10.4. The van der Waals surface area contributed by atoms with Gasteiger partial charge in [-0.3, -0.25) is 0 Å². The van der Waals surface area contributed by atoms with Crippen LogP contribution in [0.4, 0.5) is 0 Å². The van der Waals surface area contributed by atoms with Crippen molar-refractivity contribution in [1.29, 1.82) is 0 Å². The zero-order valence-electron chi connectivity index (χ0n) is 9.10. The molecule has 0 amide bonds. The van der Waals surface area contributed by atoms with Crippen molar-refractivity contribution in [2.24, 2.45) is 0 Å². The number of fused-ring (bicyclic) bond motifs is 1. The lowest BCUT2D eigenvalue weighted by Crippen LogP contribution is -1.94. The molecule has 3 rings (SSSR count). The second-order valence-electron chi connectivity index (χ2n) is 3.91. The van der Waals surface area contributed by atoms with Crippen molar-refractivity contribution >= 4 is 22.6 Å². The molecule has 1 unspecified atom stereocenters. The number of halogens is 1. The summed E-state index contributed by atoms with van der Waals surface area (Å²) >= 11 is 6.41. The molecule has 3 heteroatoms. The molecule has 0 aliphatic carbocycles. The fraction of sp³-hybridized carbons (Fsp3) is 0.0714. The molecule has 0 bridgehead atoms. The Hall–Kier alpha value is -1.80. The molecule has 1 aromatic heterocycles. The van der Waals surface area contributed by atoms with E-state index in [4.69, 9.17) is 11.6 Å². The number of nitrogens with zero attached hydrogens (tertiary/aromatic N) is 1. The minimum atomic E-state index is -0.233. The van der Waals surface area contributed by atoms with Gasteiger partial charge in [0.15, 0.2) is 0 Å². The minimum Gasteiger partial charge on any atom is -0.340 e. The van der Waals surface area contributed by atoms with Crippen LogP contribution >= 0.6 is 11.6 Å². The van der Waals surface area contributed by atoms with Gasteiger partial charge in [0, 0.05) is 0 Å². The average molecular weight is 243 g/mol. The summed E-state index contributed by atoms with van der Waals surface area (Å²) in [7, 11) is 0. The summed E-state index contributed by atoms with van der Waals surface area (Å²) in [6, 6.07) is 17.9. The first-order valence-corrected chi connectivity index (χ1v) is 5.92. The smallest absolute Gasteiger partial charge is 0.129 e. The van der Waals surface area contributed by atoms with Gasteiger partial charge in [0.1, 0.15) is 11.2 Å². The number of para-hydroxylation sites is 2. The molecule has 84 valence electrons. The largest absolute Gasteiger partial charge is 0.340 e. The van der Waals surface area contributed by atoms with Crippen LogP contribution in [0.1, 0.15) is 16.8 Å². The fourth-order valence-electron chi connectivity index (χ4n) is 1.87. The number of rotatable bonds is 2. The normalized spacial score (nSPS) is 12.8. The van der Waals surface area contributed by atoms with E-state index in [1.807, 2.05) is 54.6 Å². The maximum Gasteiger partial charge on any atom is 0.129 e. The summed E-state index contributed by atoms with van der Waals surface area (Å²) < 4.78 is 0. The molecular weight excluding hydrogens is 232 g/mol. The van der Waals surface area contributed by atoms with Crippen LogP contribution in [0.25, 0.3) is 11.0 Å². The molecule has 0 spiro atoms. The van der Waals surface area contributed by atoms with Crippen LogP contribution in [0.15, 0.2) is 54.6 Å². The summed E-state index contributed by atoms with van der Waals surface area (Å²) in [5.74, 6) is 0.791. The van der Waals surface area contributed by atoms with Gasteiger partial charge < -0.3 is 4.98 Å². The molecule has 0 aliphatic heterocycles. The highest BCUT2D eigenvalue weighted by atomic mass is 35.5. The number of hydrogen-bond acceptors (Lipinski definition) is 1. The topological polar surface area (TPSA) is 28.7 Å². The molecule has 17 heavy (non-hydrogen) atoms. The lowest BCUT2D eigenvalue weighted by Gasteiger charge is -2.05. The molecule has 1 N–H and O–H groups in total. The number of aromatic amines is 1. The quantitative estimate of drug-likeness (QED) is 0.679. The predicted molar refractivity (Wildman–Crippen MR) is 70.2 cm³/mol. The lowest BCUT2D eigenvalue weighted by molar-refractivity contribution is 1.00. The highest BCUT2D eigenvalue weighted by molar-refractivity contribution is 6.22. The van der Waals surface area contributed by atoms with E-state index in [-0.39, 0.29) is 5.38 Å². The third-order valence-corrected chi connectivity index (χ3v) is 3.20. The van der Waals surface area contributed by atoms with E-state index in [1.54, 1.807) is 0 Å². The molecule has 2 aromatic carbocycles. The van der Waals surface area contributed by atoms with E-state index in [0.29, 0.717) is 0 Å². The van der Waals surface area contributed by atoms with E-state index in [2.05, 4.69) is 9.97 Å². The van der Waals surface area contributed by atoms with Crippen molar-refractivity contribution in [3.63, 3.8) is 0 Å². The third-order valence-electron chi connectivity index (χ3n) is 2.74.